The highest BCUT2D eigenvalue weighted by molar-refractivity contribution is 7.98. The molecule has 6 nitrogen and oxygen atoms in total. The molecule has 5 rings (SSSR count). The van der Waals surface area contributed by atoms with Crippen molar-refractivity contribution in [2.45, 2.75) is 17.3 Å². The second-order valence-electron chi connectivity index (χ2n) is 7.26. The predicted molar refractivity (Wildman–Crippen MR) is 127 cm³/mol. The van der Waals surface area contributed by atoms with Gasteiger partial charge in [-0.3, -0.25) is 0 Å². The van der Waals surface area contributed by atoms with E-state index in [9.17, 15) is 0 Å². The molecule has 0 N–H and O–H groups in total. The Kier molecular flexibility index (Phi) is 5.81. The molecule has 7 heteroatoms. The number of rotatable bonds is 7. The van der Waals surface area contributed by atoms with Crippen molar-refractivity contribution in [1.82, 2.24) is 25.0 Å². The van der Waals surface area contributed by atoms with E-state index in [4.69, 9.17) is 14.7 Å². The highest BCUT2D eigenvalue weighted by Gasteiger charge is 2.16. The minimum atomic E-state index is 0.564. The van der Waals surface area contributed by atoms with Crippen LogP contribution in [0.25, 0.3) is 22.6 Å². The quantitative estimate of drug-likeness (QED) is 0.255. The average molecular weight is 440 g/mol. The van der Waals surface area contributed by atoms with Gasteiger partial charge in [-0.2, -0.15) is 0 Å². The van der Waals surface area contributed by atoms with Crippen molar-refractivity contribution < 1.29 is 4.74 Å². The molecule has 0 fully saturated rings. The van der Waals surface area contributed by atoms with Crippen LogP contribution in [0.5, 0.6) is 5.75 Å². The molecule has 0 spiro atoms. The zero-order chi connectivity index (χ0) is 21.8. The maximum atomic E-state index is 5.26. The molecule has 3 aromatic carbocycles. The van der Waals surface area contributed by atoms with Gasteiger partial charge in [0.15, 0.2) is 17.0 Å². The summed E-state index contributed by atoms with van der Waals surface area (Å²) in [7, 11) is 1.66. The van der Waals surface area contributed by atoms with E-state index in [-0.39, 0.29) is 0 Å². The molecule has 0 aliphatic heterocycles. The molecule has 0 unspecified atom stereocenters. The standard InChI is InChI=1S/C25H21N5OS/c1-31-21-14-12-18(13-15-21)16-30-24-22(28-29-30)25(32-17-19-8-4-2-5-9-19)27-23(26-24)20-10-6-3-7-11-20/h2-15H,16-17H2,1H3. The summed E-state index contributed by atoms with van der Waals surface area (Å²) in [5.74, 6) is 2.30. The first-order chi connectivity index (χ1) is 15.8. The lowest BCUT2D eigenvalue weighted by Crippen LogP contribution is -2.04. The molecule has 2 aromatic heterocycles. The molecule has 0 aliphatic rings. The van der Waals surface area contributed by atoms with Crippen molar-refractivity contribution in [2.75, 3.05) is 7.11 Å². The second-order valence-corrected chi connectivity index (χ2v) is 8.22. The van der Waals surface area contributed by atoms with Crippen molar-refractivity contribution in [3.8, 4) is 17.1 Å². The van der Waals surface area contributed by atoms with Gasteiger partial charge < -0.3 is 4.74 Å². The van der Waals surface area contributed by atoms with Crippen LogP contribution in [0, 0.1) is 0 Å². The lowest BCUT2D eigenvalue weighted by atomic mass is 10.2. The Morgan fingerprint density at radius 1 is 0.812 bits per heavy atom. The van der Waals surface area contributed by atoms with E-state index in [1.54, 1.807) is 18.9 Å². The number of hydrogen-bond donors (Lipinski definition) is 0. The Morgan fingerprint density at radius 2 is 1.53 bits per heavy atom. The smallest absolute Gasteiger partial charge is 0.183 e. The van der Waals surface area contributed by atoms with Crippen LogP contribution in [-0.2, 0) is 12.3 Å². The topological polar surface area (TPSA) is 65.7 Å². The van der Waals surface area contributed by atoms with E-state index in [0.717, 1.165) is 38.8 Å². The van der Waals surface area contributed by atoms with Crippen molar-refractivity contribution in [1.29, 1.82) is 0 Å². The molecule has 0 saturated carbocycles. The van der Waals surface area contributed by atoms with Crippen LogP contribution in [0.2, 0.25) is 0 Å². The third-order valence-electron chi connectivity index (χ3n) is 5.07. The Labute approximate surface area is 190 Å². The molecule has 2 heterocycles. The van der Waals surface area contributed by atoms with Crippen molar-refractivity contribution in [3.63, 3.8) is 0 Å². The van der Waals surface area contributed by atoms with Crippen LogP contribution < -0.4 is 4.74 Å². The highest BCUT2D eigenvalue weighted by Crippen LogP contribution is 2.29. The third kappa shape index (κ3) is 4.33. The number of hydrogen-bond acceptors (Lipinski definition) is 6. The van der Waals surface area contributed by atoms with Gasteiger partial charge in [0.25, 0.3) is 0 Å². The summed E-state index contributed by atoms with van der Waals surface area (Å²) in [6, 6.07) is 28.3. The number of thioether (sulfide) groups is 1. The van der Waals surface area contributed by atoms with Gasteiger partial charge in [0.2, 0.25) is 0 Å². The van der Waals surface area contributed by atoms with Crippen LogP contribution in [0.4, 0.5) is 0 Å². The van der Waals surface area contributed by atoms with E-state index in [0.29, 0.717) is 12.4 Å². The lowest BCUT2D eigenvalue weighted by Gasteiger charge is -2.08. The fourth-order valence-electron chi connectivity index (χ4n) is 3.38. The molecule has 158 valence electrons. The summed E-state index contributed by atoms with van der Waals surface area (Å²) in [5.41, 5.74) is 4.74. The van der Waals surface area contributed by atoms with Crippen LogP contribution >= 0.6 is 11.8 Å². The normalized spacial score (nSPS) is 11.0. The fraction of sp³-hybridized carbons (Fsp3) is 0.120. The van der Waals surface area contributed by atoms with Crippen molar-refractivity contribution in [2.24, 2.45) is 0 Å². The largest absolute Gasteiger partial charge is 0.497 e. The molecule has 0 atom stereocenters. The zero-order valence-electron chi connectivity index (χ0n) is 17.5. The van der Waals surface area contributed by atoms with Gasteiger partial charge in [-0.05, 0) is 23.3 Å². The number of methoxy groups -OCH3 is 1. The zero-order valence-corrected chi connectivity index (χ0v) is 18.4. The van der Waals surface area contributed by atoms with Gasteiger partial charge in [0, 0.05) is 11.3 Å². The Balaban J connectivity index is 1.54. The minimum Gasteiger partial charge on any atom is -0.497 e. The van der Waals surface area contributed by atoms with Crippen molar-refractivity contribution in [3.05, 3.63) is 96.1 Å². The molecule has 0 radical (unpaired) electrons. The van der Waals surface area contributed by atoms with Gasteiger partial charge >= 0.3 is 0 Å². The molecular weight excluding hydrogens is 418 g/mol. The van der Waals surface area contributed by atoms with Gasteiger partial charge in [-0.1, -0.05) is 89.8 Å². The fourth-order valence-corrected chi connectivity index (χ4v) is 4.30. The van der Waals surface area contributed by atoms with E-state index >= 15 is 0 Å². The van der Waals surface area contributed by atoms with Gasteiger partial charge in [-0.15, -0.1) is 5.10 Å². The maximum Gasteiger partial charge on any atom is 0.183 e. The van der Waals surface area contributed by atoms with Crippen LogP contribution in [0.3, 0.4) is 0 Å². The van der Waals surface area contributed by atoms with Gasteiger partial charge in [0.05, 0.1) is 13.7 Å². The molecule has 0 bridgehead atoms. The number of fused-ring (bicyclic) bond motifs is 1. The summed E-state index contributed by atoms with van der Waals surface area (Å²) in [6.45, 7) is 0.564. The molecule has 0 aliphatic carbocycles. The van der Waals surface area contributed by atoms with Gasteiger partial charge in [0.1, 0.15) is 10.8 Å². The predicted octanol–water partition coefficient (Wildman–Crippen LogP) is 5.24. The Hall–Kier alpha value is -3.71. The van der Waals surface area contributed by atoms with Crippen molar-refractivity contribution >= 4 is 22.9 Å². The summed E-state index contributed by atoms with van der Waals surface area (Å²) >= 11 is 1.65. The number of ether oxygens (including phenoxy) is 1. The van der Waals surface area contributed by atoms with E-state index < -0.39 is 0 Å². The molecule has 32 heavy (non-hydrogen) atoms. The maximum absolute atomic E-state index is 5.26. The first-order valence-corrected chi connectivity index (χ1v) is 11.2. The summed E-state index contributed by atoms with van der Waals surface area (Å²) in [5, 5.41) is 9.67. The number of aromatic nitrogens is 5. The lowest BCUT2D eigenvalue weighted by molar-refractivity contribution is 0.414. The summed E-state index contributed by atoms with van der Waals surface area (Å²) < 4.78 is 7.09. The average Bonchev–Trinajstić information content (AvgIpc) is 3.27. The van der Waals surface area contributed by atoms with E-state index in [1.165, 1.54) is 5.56 Å². The van der Waals surface area contributed by atoms with E-state index in [1.807, 2.05) is 77.5 Å². The molecule has 5 aromatic rings. The summed E-state index contributed by atoms with van der Waals surface area (Å²) in [4.78, 5) is 9.69. The van der Waals surface area contributed by atoms with E-state index in [2.05, 4.69) is 22.4 Å². The number of nitrogens with zero attached hydrogens (tertiary/aromatic N) is 5. The third-order valence-corrected chi connectivity index (χ3v) is 6.11. The summed E-state index contributed by atoms with van der Waals surface area (Å²) in [6.07, 6.45) is 0. The first-order valence-electron chi connectivity index (χ1n) is 10.3. The first kappa shape index (κ1) is 20.2. The van der Waals surface area contributed by atoms with Crippen LogP contribution in [-0.4, -0.2) is 32.1 Å². The highest BCUT2D eigenvalue weighted by atomic mass is 32.2. The SMILES string of the molecule is COc1ccc(Cn2nnc3c(SCc4ccccc4)nc(-c4ccccc4)nc32)cc1. The molecule has 0 saturated heterocycles. The minimum absolute atomic E-state index is 0.564. The monoisotopic (exact) mass is 439 g/mol. The Morgan fingerprint density at radius 3 is 2.25 bits per heavy atom. The van der Waals surface area contributed by atoms with Gasteiger partial charge in [-0.25, -0.2) is 14.6 Å². The second kappa shape index (κ2) is 9.20. The Bertz CT molecular complexity index is 1320. The van der Waals surface area contributed by atoms with Crippen LogP contribution in [0.15, 0.2) is 90.0 Å². The molecular formula is C25H21N5OS. The molecule has 0 amide bonds. The number of benzene rings is 3. The van der Waals surface area contributed by atoms with Crippen LogP contribution in [0.1, 0.15) is 11.1 Å².